The Morgan fingerprint density at radius 2 is 1.78 bits per heavy atom. The van der Waals surface area contributed by atoms with Gasteiger partial charge in [-0.15, -0.1) is 0 Å². The molecule has 3 N–H and O–H groups in total. The molecule has 36 heavy (non-hydrogen) atoms. The topological polar surface area (TPSA) is 87.4 Å². The van der Waals surface area contributed by atoms with Gasteiger partial charge in [0, 0.05) is 30.7 Å². The molecule has 0 fully saturated rings. The number of carbonyl (C=O) groups is 1. The molecule has 0 unspecified atom stereocenters. The quantitative estimate of drug-likeness (QED) is 0.362. The van der Waals surface area contributed by atoms with Gasteiger partial charge in [-0.3, -0.25) is 4.79 Å². The molecule has 0 atom stereocenters. The van der Waals surface area contributed by atoms with Crippen molar-refractivity contribution in [2.75, 3.05) is 50.2 Å². The van der Waals surface area contributed by atoms with E-state index in [9.17, 15) is 4.79 Å². The third-order valence-electron chi connectivity index (χ3n) is 6.32. The summed E-state index contributed by atoms with van der Waals surface area (Å²) in [6, 6.07) is 17.9. The van der Waals surface area contributed by atoms with Crippen LogP contribution in [-0.4, -0.2) is 55.0 Å². The maximum atomic E-state index is 13.4. The summed E-state index contributed by atoms with van der Waals surface area (Å²) in [4.78, 5) is 26.1. The number of nitrogens with zero attached hydrogens (tertiary/aromatic N) is 4. The minimum absolute atomic E-state index is 0.139. The summed E-state index contributed by atoms with van der Waals surface area (Å²) in [7, 11) is 6.23. The van der Waals surface area contributed by atoms with Crippen molar-refractivity contribution in [3.05, 3.63) is 77.5 Å². The van der Waals surface area contributed by atoms with Crippen LogP contribution in [0.1, 0.15) is 27.9 Å². The number of nitrogens with one attached hydrogen (secondary N) is 1. The van der Waals surface area contributed by atoms with Crippen molar-refractivity contribution in [2.45, 2.75) is 20.3 Å². The Bertz CT molecular complexity index is 1400. The number of anilines is 3. The van der Waals surface area contributed by atoms with Gasteiger partial charge in [-0.25, -0.2) is 9.97 Å². The smallest absolute Gasteiger partial charge is 0.255 e. The molecule has 0 aliphatic rings. The number of nitrogen functional groups attached to an aromatic ring is 1. The molecule has 1 heterocycles. The molecule has 7 nitrogen and oxygen atoms in total. The molecule has 0 aliphatic carbocycles. The van der Waals surface area contributed by atoms with Crippen molar-refractivity contribution >= 4 is 34.1 Å². The van der Waals surface area contributed by atoms with Crippen LogP contribution < -0.4 is 16.0 Å². The van der Waals surface area contributed by atoms with Gasteiger partial charge in [0.25, 0.3) is 5.91 Å². The Morgan fingerprint density at radius 3 is 2.56 bits per heavy atom. The van der Waals surface area contributed by atoms with E-state index in [1.165, 1.54) is 0 Å². The van der Waals surface area contributed by atoms with Crippen molar-refractivity contribution in [3.63, 3.8) is 0 Å². The largest absolute Gasteiger partial charge is 0.373 e. The maximum Gasteiger partial charge on any atom is 0.255 e. The average Bonchev–Trinajstić information content (AvgIpc) is 2.84. The van der Waals surface area contributed by atoms with Crippen LogP contribution in [0.25, 0.3) is 22.0 Å². The van der Waals surface area contributed by atoms with E-state index in [1.807, 2.05) is 55.5 Å². The van der Waals surface area contributed by atoms with Gasteiger partial charge in [-0.1, -0.05) is 18.2 Å². The maximum absolute atomic E-state index is 13.4. The van der Waals surface area contributed by atoms with Gasteiger partial charge < -0.3 is 20.9 Å². The zero-order valence-electron chi connectivity index (χ0n) is 21.7. The SMILES string of the molecule is Cc1ccc(NC(=O)c2ccc(C)c(-c3ccc4nc(N)ncc4c3)c2)c(N(C)CCCN(C)C)c1. The van der Waals surface area contributed by atoms with E-state index < -0.39 is 0 Å². The lowest BCUT2D eigenvalue weighted by Gasteiger charge is -2.24. The Labute approximate surface area is 213 Å². The number of carbonyl (C=O) groups excluding carboxylic acids is 1. The Hall–Kier alpha value is -3.97. The summed E-state index contributed by atoms with van der Waals surface area (Å²) in [5, 5.41) is 4.04. The van der Waals surface area contributed by atoms with E-state index in [4.69, 9.17) is 5.73 Å². The molecule has 0 aliphatic heterocycles. The Morgan fingerprint density at radius 1 is 0.972 bits per heavy atom. The molecule has 4 aromatic rings. The molecule has 1 amide bonds. The van der Waals surface area contributed by atoms with Crippen molar-refractivity contribution < 1.29 is 4.79 Å². The molecular weight excluding hydrogens is 448 g/mol. The van der Waals surface area contributed by atoms with Crippen molar-refractivity contribution in [3.8, 4) is 11.1 Å². The van der Waals surface area contributed by atoms with Gasteiger partial charge in [0.1, 0.15) is 0 Å². The average molecular weight is 483 g/mol. The number of aryl methyl sites for hydroxylation is 2. The number of benzene rings is 3. The summed E-state index contributed by atoms with van der Waals surface area (Å²) < 4.78 is 0. The summed E-state index contributed by atoms with van der Waals surface area (Å²) in [6.07, 6.45) is 2.76. The zero-order chi connectivity index (χ0) is 25.8. The highest BCUT2D eigenvalue weighted by Gasteiger charge is 2.14. The number of hydrogen-bond donors (Lipinski definition) is 2. The van der Waals surface area contributed by atoms with E-state index >= 15 is 0 Å². The van der Waals surface area contributed by atoms with Crippen LogP contribution in [0.5, 0.6) is 0 Å². The predicted octanol–water partition coefficient (Wildman–Crippen LogP) is 5.14. The van der Waals surface area contributed by atoms with Gasteiger partial charge in [0.2, 0.25) is 5.95 Å². The molecule has 1 aromatic heterocycles. The third-order valence-corrected chi connectivity index (χ3v) is 6.32. The van der Waals surface area contributed by atoms with Gasteiger partial charge in [0.05, 0.1) is 16.9 Å². The number of rotatable bonds is 8. The lowest BCUT2D eigenvalue weighted by Crippen LogP contribution is -2.25. The molecule has 4 rings (SSSR count). The van der Waals surface area contributed by atoms with Crippen molar-refractivity contribution in [1.82, 2.24) is 14.9 Å². The van der Waals surface area contributed by atoms with Crippen LogP contribution >= 0.6 is 0 Å². The molecule has 3 aromatic carbocycles. The highest BCUT2D eigenvalue weighted by molar-refractivity contribution is 6.06. The lowest BCUT2D eigenvalue weighted by molar-refractivity contribution is 0.102. The monoisotopic (exact) mass is 482 g/mol. The summed E-state index contributed by atoms with van der Waals surface area (Å²) >= 11 is 0. The van der Waals surface area contributed by atoms with Gasteiger partial charge >= 0.3 is 0 Å². The molecule has 186 valence electrons. The van der Waals surface area contributed by atoms with Crippen LogP contribution in [0.15, 0.2) is 60.8 Å². The van der Waals surface area contributed by atoms with Crippen molar-refractivity contribution in [1.29, 1.82) is 0 Å². The zero-order valence-corrected chi connectivity index (χ0v) is 21.7. The van der Waals surface area contributed by atoms with E-state index in [-0.39, 0.29) is 11.9 Å². The second kappa shape index (κ2) is 10.7. The highest BCUT2D eigenvalue weighted by atomic mass is 16.1. The van der Waals surface area contributed by atoms with Crippen LogP contribution in [0.3, 0.4) is 0 Å². The van der Waals surface area contributed by atoms with E-state index in [0.29, 0.717) is 5.56 Å². The molecule has 7 heteroatoms. The lowest BCUT2D eigenvalue weighted by atomic mass is 9.97. The first-order valence-corrected chi connectivity index (χ1v) is 12.1. The summed E-state index contributed by atoms with van der Waals surface area (Å²) in [5.74, 6) is 0.115. The summed E-state index contributed by atoms with van der Waals surface area (Å²) in [6.45, 7) is 6.02. The molecule has 0 bridgehead atoms. The van der Waals surface area contributed by atoms with E-state index in [1.54, 1.807) is 6.20 Å². The molecule has 0 saturated carbocycles. The number of fused-ring (bicyclic) bond motifs is 1. The second-order valence-corrected chi connectivity index (χ2v) is 9.58. The molecule has 0 saturated heterocycles. The first kappa shape index (κ1) is 25.1. The number of nitrogens with two attached hydrogens (primary N) is 1. The van der Waals surface area contributed by atoms with Crippen molar-refractivity contribution in [2.24, 2.45) is 0 Å². The number of aromatic nitrogens is 2. The van der Waals surface area contributed by atoms with Gasteiger partial charge in [0.15, 0.2) is 0 Å². The third kappa shape index (κ3) is 5.80. The fourth-order valence-corrected chi connectivity index (χ4v) is 4.29. The first-order chi connectivity index (χ1) is 17.2. The Kier molecular flexibility index (Phi) is 7.50. The van der Waals surface area contributed by atoms with Gasteiger partial charge in [-0.05, 0) is 99.6 Å². The molecule has 0 radical (unpaired) electrons. The van der Waals surface area contributed by atoms with E-state index in [2.05, 4.69) is 59.2 Å². The van der Waals surface area contributed by atoms with Crippen LogP contribution in [-0.2, 0) is 0 Å². The molecular formula is C29H34N6O. The van der Waals surface area contributed by atoms with Crippen LogP contribution in [0.2, 0.25) is 0 Å². The highest BCUT2D eigenvalue weighted by Crippen LogP contribution is 2.30. The minimum atomic E-state index is -0.139. The number of hydrogen-bond acceptors (Lipinski definition) is 6. The second-order valence-electron chi connectivity index (χ2n) is 9.58. The van der Waals surface area contributed by atoms with Gasteiger partial charge in [-0.2, -0.15) is 0 Å². The Balaban J connectivity index is 1.59. The predicted molar refractivity (Wildman–Crippen MR) is 150 cm³/mol. The standard InChI is InChI=1S/C29H34N6O/c1-19-7-11-26(27(15-19)35(5)14-6-13-34(3)4)32-28(36)22-9-8-20(2)24(17-22)21-10-12-25-23(16-21)18-31-29(30)33-25/h7-12,15-18H,6,13-14H2,1-5H3,(H,32,36)(H2,30,31,33). The van der Waals surface area contributed by atoms with Crippen LogP contribution in [0, 0.1) is 13.8 Å². The normalized spacial score (nSPS) is 11.2. The fourth-order valence-electron chi connectivity index (χ4n) is 4.29. The first-order valence-electron chi connectivity index (χ1n) is 12.1. The molecule has 0 spiro atoms. The van der Waals surface area contributed by atoms with Crippen LogP contribution in [0.4, 0.5) is 17.3 Å². The minimum Gasteiger partial charge on any atom is -0.373 e. The van der Waals surface area contributed by atoms with E-state index in [0.717, 1.165) is 64.0 Å². The fraction of sp³-hybridized carbons (Fsp3) is 0.276. The summed E-state index contributed by atoms with van der Waals surface area (Å²) in [5.41, 5.74) is 13.2. The number of amides is 1.